The lowest BCUT2D eigenvalue weighted by Gasteiger charge is -2.23. The molecule has 0 fully saturated rings. The SMILES string of the molecule is C=CCN(CCO)C(=O)NC(C)Cn1cncn1. The van der Waals surface area contributed by atoms with Gasteiger partial charge in [0.05, 0.1) is 13.2 Å². The zero-order chi connectivity index (χ0) is 13.4. The Morgan fingerprint density at radius 1 is 1.72 bits per heavy atom. The molecule has 7 nitrogen and oxygen atoms in total. The maximum atomic E-state index is 11.9. The van der Waals surface area contributed by atoms with E-state index in [-0.39, 0.29) is 25.2 Å². The zero-order valence-electron chi connectivity index (χ0n) is 10.5. The number of carbonyl (C=O) groups is 1. The molecule has 1 rings (SSSR count). The largest absolute Gasteiger partial charge is 0.395 e. The number of hydrogen-bond acceptors (Lipinski definition) is 4. The maximum absolute atomic E-state index is 11.9. The Morgan fingerprint density at radius 3 is 3.06 bits per heavy atom. The number of aliphatic hydroxyl groups excluding tert-OH is 1. The van der Waals surface area contributed by atoms with E-state index in [1.54, 1.807) is 17.1 Å². The van der Waals surface area contributed by atoms with Crippen molar-refractivity contribution in [2.45, 2.75) is 19.5 Å². The van der Waals surface area contributed by atoms with E-state index in [0.717, 1.165) is 0 Å². The maximum Gasteiger partial charge on any atom is 0.318 e. The fourth-order valence-electron chi connectivity index (χ4n) is 1.51. The van der Waals surface area contributed by atoms with E-state index >= 15 is 0 Å². The van der Waals surface area contributed by atoms with Crippen molar-refractivity contribution in [3.63, 3.8) is 0 Å². The predicted octanol–water partition coefficient (Wildman–Crippen LogP) is -0.143. The van der Waals surface area contributed by atoms with Gasteiger partial charge in [0.2, 0.25) is 0 Å². The Balaban J connectivity index is 2.43. The van der Waals surface area contributed by atoms with Gasteiger partial charge in [0.25, 0.3) is 0 Å². The molecule has 0 spiro atoms. The van der Waals surface area contributed by atoms with Crippen LogP contribution in [0, 0.1) is 0 Å². The molecule has 0 saturated heterocycles. The Kier molecular flexibility index (Phi) is 5.86. The van der Waals surface area contributed by atoms with Gasteiger partial charge in [-0.2, -0.15) is 5.10 Å². The summed E-state index contributed by atoms with van der Waals surface area (Å²) in [6.07, 6.45) is 4.67. The van der Waals surface area contributed by atoms with E-state index in [9.17, 15) is 4.79 Å². The first kappa shape index (κ1) is 14.2. The first-order valence-corrected chi connectivity index (χ1v) is 5.77. The van der Waals surface area contributed by atoms with Crippen LogP contribution in [0.1, 0.15) is 6.92 Å². The average molecular weight is 253 g/mol. The van der Waals surface area contributed by atoms with Gasteiger partial charge in [-0.05, 0) is 6.92 Å². The third-order valence-electron chi connectivity index (χ3n) is 2.30. The van der Waals surface area contributed by atoms with Crippen LogP contribution in [0.15, 0.2) is 25.3 Å². The Bertz CT molecular complexity index is 366. The molecule has 1 aromatic rings. The fraction of sp³-hybridized carbons (Fsp3) is 0.545. The van der Waals surface area contributed by atoms with Crippen LogP contribution in [-0.4, -0.2) is 56.5 Å². The monoisotopic (exact) mass is 253 g/mol. The lowest BCUT2D eigenvalue weighted by Crippen LogP contribution is -2.46. The van der Waals surface area contributed by atoms with Crippen LogP contribution in [0.5, 0.6) is 0 Å². The van der Waals surface area contributed by atoms with Gasteiger partial charge in [-0.3, -0.25) is 4.68 Å². The number of hydrogen-bond donors (Lipinski definition) is 2. The van der Waals surface area contributed by atoms with Crippen molar-refractivity contribution in [3.8, 4) is 0 Å². The molecule has 0 aliphatic carbocycles. The summed E-state index contributed by atoms with van der Waals surface area (Å²) in [5.41, 5.74) is 0. The molecule has 0 aliphatic heterocycles. The molecule has 2 N–H and O–H groups in total. The van der Waals surface area contributed by atoms with Crippen LogP contribution < -0.4 is 5.32 Å². The van der Waals surface area contributed by atoms with Gasteiger partial charge in [0, 0.05) is 19.1 Å². The van der Waals surface area contributed by atoms with Crippen molar-refractivity contribution in [3.05, 3.63) is 25.3 Å². The normalized spacial score (nSPS) is 11.9. The van der Waals surface area contributed by atoms with Crippen LogP contribution in [0.2, 0.25) is 0 Å². The highest BCUT2D eigenvalue weighted by Gasteiger charge is 2.14. The van der Waals surface area contributed by atoms with Crippen molar-refractivity contribution in [2.24, 2.45) is 0 Å². The molecule has 7 heteroatoms. The summed E-state index contributed by atoms with van der Waals surface area (Å²) < 4.78 is 1.65. The third-order valence-corrected chi connectivity index (χ3v) is 2.30. The molecule has 1 unspecified atom stereocenters. The second-order valence-electron chi connectivity index (χ2n) is 3.93. The second-order valence-corrected chi connectivity index (χ2v) is 3.93. The molecule has 1 aromatic heterocycles. The number of urea groups is 1. The molecule has 1 heterocycles. The molecule has 1 atom stereocenters. The van der Waals surface area contributed by atoms with Crippen molar-refractivity contribution >= 4 is 6.03 Å². The Morgan fingerprint density at radius 2 is 2.50 bits per heavy atom. The highest BCUT2D eigenvalue weighted by atomic mass is 16.3. The molecule has 0 aromatic carbocycles. The summed E-state index contributed by atoms with van der Waals surface area (Å²) in [6.45, 7) is 6.63. The number of aliphatic hydroxyl groups is 1. The van der Waals surface area contributed by atoms with Crippen molar-refractivity contribution < 1.29 is 9.90 Å². The van der Waals surface area contributed by atoms with Crippen LogP contribution in [0.3, 0.4) is 0 Å². The smallest absolute Gasteiger partial charge is 0.318 e. The molecule has 18 heavy (non-hydrogen) atoms. The minimum Gasteiger partial charge on any atom is -0.395 e. The minimum atomic E-state index is -0.225. The summed E-state index contributed by atoms with van der Waals surface area (Å²) >= 11 is 0. The van der Waals surface area contributed by atoms with Crippen molar-refractivity contribution in [1.29, 1.82) is 0 Å². The number of amides is 2. The average Bonchev–Trinajstić information content (AvgIpc) is 2.81. The number of rotatable bonds is 7. The third kappa shape index (κ3) is 4.54. The molecule has 0 saturated carbocycles. The molecule has 0 radical (unpaired) electrons. The Hall–Kier alpha value is -1.89. The van der Waals surface area contributed by atoms with Gasteiger partial charge in [-0.1, -0.05) is 6.08 Å². The molecular weight excluding hydrogens is 234 g/mol. The topological polar surface area (TPSA) is 83.3 Å². The van der Waals surface area contributed by atoms with Crippen LogP contribution >= 0.6 is 0 Å². The van der Waals surface area contributed by atoms with Gasteiger partial charge < -0.3 is 15.3 Å². The highest BCUT2D eigenvalue weighted by Crippen LogP contribution is 1.94. The van der Waals surface area contributed by atoms with Crippen molar-refractivity contribution in [2.75, 3.05) is 19.7 Å². The first-order valence-electron chi connectivity index (χ1n) is 5.77. The van der Waals surface area contributed by atoms with Gasteiger partial charge in [0.1, 0.15) is 12.7 Å². The number of nitrogens with one attached hydrogen (secondary N) is 1. The van der Waals surface area contributed by atoms with E-state index < -0.39 is 0 Å². The first-order chi connectivity index (χ1) is 8.67. The van der Waals surface area contributed by atoms with E-state index in [1.807, 2.05) is 6.92 Å². The predicted molar refractivity (Wildman–Crippen MR) is 66.9 cm³/mol. The van der Waals surface area contributed by atoms with E-state index in [1.165, 1.54) is 11.2 Å². The number of nitrogens with zero attached hydrogens (tertiary/aromatic N) is 4. The molecule has 0 bridgehead atoms. The lowest BCUT2D eigenvalue weighted by atomic mass is 10.3. The summed E-state index contributed by atoms with van der Waals surface area (Å²) in [7, 11) is 0. The molecule has 2 amide bonds. The van der Waals surface area contributed by atoms with Crippen LogP contribution in [0.4, 0.5) is 4.79 Å². The second kappa shape index (κ2) is 7.44. The van der Waals surface area contributed by atoms with Gasteiger partial charge >= 0.3 is 6.03 Å². The fourth-order valence-corrected chi connectivity index (χ4v) is 1.51. The zero-order valence-corrected chi connectivity index (χ0v) is 10.5. The summed E-state index contributed by atoms with van der Waals surface area (Å²) in [5, 5.41) is 15.7. The van der Waals surface area contributed by atoms with E-state index in [0.29, 0.717) is 13.1 Å². The summed E-state index contributed by atoms with van der Waals surface area (Å²) in [6, 6.07) is -0.304. The van der Waals surface area contributed by atoms with E-state index in [2.05, 4.69) is 22.0 Å². The van der Waals surface area contributed by atoms with Gasteiger partial charge in [-0.25, -0.2) is 9.78 Å². The standard InChI is InChI=1S/C11H19N5O2/c1-3-4-15(5-6-17)11(18)14-10(2)7-16-9-12-8-13-16/h3,8-10,17H,1,4-7H2,2H3,(H,14,18). The molecule has 100 valence electrons. The minimum absolute atomic E-state index is 0.0707. The van der Waals surface area contributed by atoms with E-state index in [4.69, 9.17) is 5.11 Å². The van der Waals surface area contributed by atoms with Crippen LogP contribution in [0.25, 0.3) is 0 Å². The number of carbonyl (C=O) groups excluding carboxylic acids is 1. The van der Waals surface area contributed by atoms with Gasteiger partial charge in [0.15, 0.2) is 0 Å². The number of aromatic nitrogens is 3. The quantitative estimate of drug-likeness (QED) is 0.662. The summed E-state index contributed by atoms with van der Waals surface area (Å²) in [4.78, 5) is 17.2. The van der Waals surface area contributed by atoms with Crippen LogP contribution in [-0.2, 0) is 6.54 Å². The Labute approximate surface area is 106 Å². The lowest BCUT2D eigenvalue weighted by molar-refractivity contribution is 0.180. The van der Waals surface area contributed by atoms with Crippen molar-refractivity contribution in [1.82, 2.24) is 25.0 Å². The molecule has 0 aliphatic rings. The highest BCUT2D eigenvalue weighted by molar-refractivity contribution is 5.74. The van der Waals surface area contributed by atoms with Gasteiger partial charge in [-0.15, -0.1) is 6.58 Å². The molecular formula is C11H19N5O2. The summed E-state index contributed by atoms with van der Waals surface area (Å²) in [5.74, 6) is 0.